The van der Waals surface area contributed by atoms with Crippen molar-refractivity contribution in [2.75, 3.05) is 13.2 Å². The van der Waals surface area contributed by atoms with Gasteiger partial charge in [-0.05, 0) is 102 Å². The summed E-state index contributed by atoms with van der Waals surface area (Å²) >= 11 is 0. The Labute approximate surface area is 253 Å². The van der Waals surface area contributed by atoms with E-state index in [9.17, 15) is 0 Å². The predicted octanol–water partition coefficient (Wildman–Crippen LogP) is 12.1. The molecule has 0 saturated carbocycles. The van der Waals surface area contributed by atoms with Gasteiger partial charge in [-0.2, -0.15) is 0 Å². The van der Waals surface area contributed by atoms with Crippen LogP contribution in [-0.4, -0.2) is 13.2 Å². The number of hydrogen-bond acceptors (Lipinski definition) is 1. The molecule has 0 spiro atoms. The largest absolute Gasteiger partial charge is 0.373 e. The van der Waals surface area contributed by atoms with E-state index in [-0.39, 0.29) is 10.8 Å². The summed E-state index contributed by atoms with van der Waals surface area (Å²) in [4.78, 5) is 0. The lowest BCUT2D eigenvalue weighted by atomic mass is 9.72. The molecule has 0 heterocycles. The second-order valence-electron chi connectivity index (χ2n) is 13.5. The standard InChI is InChI=1S/C40H58O/c1-31(21-23-37-35(5)19-13-27-39(37,7)8)15-11-17-33(3)25-29-41-30-26-34(4)18-12-16-32(2)22-24-38-36(6)20-14-28-40(38,9)10/h11-12,15-18,21-26H,13-14,19-20,27-30H2,1-10H3/b17-11-,18-12-,23-21?,24-22?,31-15?,32-16?,33-25?,34-26?. The highest BCUT2D eigenvalue weighted by atomic mass is 16.5. The third-order valence-corrected chi connectivity index (χ3v) is 8.59. The fourth-order valence-electron chi connectivity index (χ4n) is 5.85. The summed E-state index contributed by atoms with van der Waals surface area (Å²) < 4.78 is 5.82. The van der Waals surface area contributed by atoms with Crippen LogP contribution in [0.5, 0.6) is 0 Å². The number of rotatable bonds is 12. The van der Waals surface area contributed by atoms with Crippen LogP contribution in [0.1, 0.15) is 108 Å². The van der Waals surface area contributed by atoms with Gasteiger partial charge in [0.1, 0.15) is 0 Å². The van der Waals surface area contributed by atoms with Crippen molar-refractivity contribution in [3.63, 3.8) is 0 Å². The Morgan fingerprint density at radius 3 is 1.37 bits per heavy atom. The molecule has 224 valence electrons. The Hall–Kier alpha value is -2.64. The average molecular weight is 555 g/mol. The minimum absolute atomic E-state index is 0.287. The van der Waals surface area contributed by atoms with Gasteiger partial charge < -0.3 is 4.74 Å². The van der Waals surface area contributed by atoms with Gasteiger partial charge in [-0.15, -0.1) is 0 Å². The highest BCUT2D eigenvalue weighted by Gasteiger charge is 2.27. The van der Waals surface area contributed by atoms with Gasteiger partial charge in [-0.3, -0.25) is 0 Å². The molecule has 0 aliphatic heterocycles. The van der Waals surface area contributed by atoms with Crippen LogP contribution in [0.2, 0.25) is 0 Å². The number of ether oxygens (including phenoxy) is 1. The maximum atomic E-state index is 5.82. The first kappa shape index (κ1) is 34.6. The Morgan fingerprint density at radius 1 is 0.610 bits per heavy atom. The van der Waals surface area contributed by atoms with Crippen molar-refractivity contribution in [1.82, 2.24) is 0 Å². The average Bonchev–Trinajstić information content (AvgIpc) is 2.87. The van der Waals surface area contributed by atoms with Gasteiger partial charge in [0.2, 0.25) is 0 Å². The first-order valence-electron chi connectivity index (χ1n) is 15.7. The molecule has 2 aliphatic carbocycles. The van der Waals surface area contributed by atoms with Gasteiger partial charge in [0.05, 0.1) is 13.2 Å². The molecule has 0 aromatic rings. The number of allylic oxidation sites excluding steroid dienone is 18. The predicted molar refractivity (Wildman–Crippen MR) is 183 cm³/mol. The molecule has 1 heteroatoms. The zero-order valence-corrected chi connectivity index (χ0v) is 28.0. The summed E-state index contributed by atoms with van der Waals surface area (Å²) in [7, 11) is 0. The van der Waals surface area contributed by atoms with Crippen LogP contribution in [0.4, 0.5) is 0 Å². The molecule has 0 fully saturated rings. The second-order valence-corrected chi connectivity index (χ2v) is 13.5. The maximum absolute atomic E-state index is 5.82. The van der Waals surface area contributed by atoms with Crippen LogP contribution in [0.25, 0.3) is 0 Å². The molecule has 0 N–H and O–H groups in total. The normalized spacial score (nSPS) is 21.5. The molecule has 0 saturated heterocycles. The Balaban J connectivity index is 1.77. The molecule has 0 atom stereocenters. The topological polar surface area (TPSA) is 9.23 Å². The Kier molecular flexibility index (Phi) is 14.1. The molecule has 0 amide bonds. The molecule has 2 aliphatic rings. The molecule has 0 aromatic heterocycles. The first-order valence-corrected chi connectivity index (χ1v) is 15.7. The van der Waals surface area contributed by atoms with E-state index >= 15 is 0 Å². The fourth-order valence-corrected chi connectivity index (χ4v) is 5.85. The minimum Gasteiger partial charge on any atom is -0.373 e. The third kappa shape index (κ3) is 12.4. The van der Waals surface area contributed by atoms with Gasteiger partial charge >= 0.3 is 0 Å². The SMILES string of the molecule is CC(C=CC1=C(C)CCCC1(C)C)=C/C=C\C(C)=CCOCC=C(C)/C=C\C=C(C)C=CC1=C(C)CCCC1(C)C. The van der Waals surface area contributed by atoms with Gasteiger partial charge in [0.25, 0.3) is 0 Å². The highest BCUT2D eigenvalue weighted by molar-refractivity contribution is 5.38. The van der Waals surface area contributed by atoms with Crippen molar-refractivity contribution >= 4 is 0 Å². The first-order chi connectivity index (χ1) is 19.3. The van der Waals surface area contributed by atoms with E-state index in [1.807, 2.05) is 0 Å². The molecule has 0 radical (unpaired) electrons. The van der Waals surface area contributed by atoms with Crippen molar-refractivity contribution < 1.29 is 4.74 Å². The lowest BCUT2D eigenvalue weighted by molar-refractivity contribution is 0.193. The van der Waals surface area contributed by atoms with E-state index in [1.165, 1.54) is 72.0 Å². The van der Waals surface area contributed by atoms with Crippen molar-refractivity contribution in [2.45, 2.75) is 108 Å². The quantitative estimate of drug-likeness (QED) is 0.172. The smallest absolute Gasteiger partial charge is 0.0657 e. The van der Waals surface area contributed by atoms with E-state index in [0.717, 1.165) is 0 Å². The highest BCUT2D eigenvalue weighted by Crippen LogP contribution is 2.41. The van der Waals surface area contributed by atoms with E-state index in [4.69, 9.17) is 4.74 Å². The lowest BCUT2D eigenvalue weighted by Gasteiger charge is -2.33. The lowest BCUT2D eigenvalue weighted by Crippen LogP contribution is -2.19. The zero-order valence-electron chi connectivity index (χ0n) is 28.0. The number of hydrogen-bond donors (Lipinski definition) is 0. The van der Waals surface area contributed by atoms with E-state index < -0.39 is 0 Å². The molecule has 0 unspecified atom stereocenters. The maximum Gasteiger partial charge on any atom is 0.0657 e. The van der Waals surface area contributed by atoms with Gasteiger partial charge in [-0.25, -0.2) is 0 Å². The van der Waals surface area contributed by atoms with Gasteiger partial charge in [-0.1, -0.05) is 134 Å². The summed E-state index contributed by atoms with van der Waals surface area (Å²) in [6.45, 7) is 23.9. The second kappa shape index (κ2) is 16.7. The molecule has 41 heavy (non-hydrogen) atoms. The molecule has 0 aromatic carbocycles. The summed E-state index contributed by atoms with van der Waals surface area (Å²) in [5, 5.41) is 0. The van der Waals surface area contributed by atoms with Crippen LogP contribution in [0.15, 0.2) is 117 Å². The van der Waals surface area contributed by atoms with Crippen molar-refractivity contribution in [3.8, 4) is 0 Å². The molecule has 0 bridgehead atoms. The van der Waals surface area contributed by atoms with Crippen LogP contribution >= 0.6 is 0 Å². The molecular weight excluding hydrogens is 496 g/mol. The Morgan fingerprint density at radius 2 is 1.00 bits per heavy atom. The minimum atomic E-state index is 0.287. The van der Waals surface area contributed by atoms with Gasteiger partial charge in [0.15, 0.2) is 0 Å². The summed E-state index contributed by atoms with van der Waals surface area (Å²) in [6.07, 6.45) is 34.0. The van der Waals surface area contributed by atoms with Crippen molar-refractivity contribution in [1.29, 1.82) is 0 Å². The summed E-state index contributed by atoms with van der Waals surface area (Å²) in [5.74, 6) is 0. The third-order valence-electron chi connectivity index (χ3n) is 8.59. The van der Waals surface area contributed by atoms with E-state index in [2.05, 4.69) is 142 Å². The zero-order chi connectivity index (χ0) is 30.5. The van der Waals surface area contributed by atoms with E-state index in [1.54, 1.807) is 11.1 Å². The molecular formula is C40H58O. The van der Waals surface area contributed by atoms with Gasteiger partial charge in [0, 0.05) is 0 Å². The molecule has 2 rings (SSSR count). The van der Waals surface area contributed by atoms with Crippen LogP contribution in [-0.2, 0) is 4.74 Å². The van der Waals surface area contributed by atoms with Crippen LogP contribution < -0.4 is 0 Å². The van der Waals surface area contributed by atoms with Crippen molar-refractivity contribution in [2.24, 2.45) is 10.8 Å². The monoisotopic (exact) mass is 554 g/mol. The molecule has 1 nitrogen and oxygen atoms in total. The summed E-state index contributed by atoms with van der Waals surface area (Å²) in [6, 6.07) is 0. The van der Waals surface area contributed by atoms with Crippen molar-refractivity contribution in [3.05, 3.63) is 117 Å². The summed E-state index contributed by atoms with van der Waals surface area (Å²) in [5.41, 5.74) is 11.6. The van der Waals surface area contributed by atoms with E-state index in [0.29, 0.717) is 13.2 Å². The Bertz CT molecular complexity index is 1100. The van der Waals surface area contributed by atoms with Crippen LogP contribution in [0, 0.1) is 10.8 Å². The fraction of sp³-hybridized carbons (Fsp3) is 0.500. The van der Waals surface area contributed by atoms with Crippen LogP contribution in [0.3, 0.4) is 0 Å².